The minimum atomic E-state index is 0.405. The van der Waals surface area contributed by atoms with Gasteiger partial charge in [-0.15, -0.1) is 11.3 Å². The Labute approximate surface area is 119 Å². The summed E-state index contributed by atoms with van der Waals surface area (Å²) in [7, 11) is 0. The fourth-order valence-electron chi connectivity index (χ4n) is 2.17. The van der Waals surface area contributed by atoms with Crippen molar-refractivity contribution in [3.05, 3.63) is 51.5 Å². The molecule has 0 amide bonds. The first-order valence-electron chi connectivity index (χ1n) is 6.94. The molecule has 0 aliphatic rings. The Kier molecular flexibility index (Phi) is 5.11. The van der Waals surface area contributed by atoms with Crippen LogP contribution in [0, 0.1) is 6.92 Å². The average molecular weight is 274 g/mol. The summed E-state index contributed by atoms with van der Waals surface area (Å²) in [6.07, 6.45) is 2.10. The number of nitrogens with one attached hydrogen (secondary N) is 1. The number of hydrogen-bond acceptors (Lipinski definition) is 3. The number of rotatable bonds is 6. The molecule has 0 aliphatic heterocycles. The quantitative estimate of drug-likeness (QED) is 0.857. The molecule has 0 radical (unpaired) electrons. The second kappa shape index (κ2) is 6.83. The van der Waals surface area contributed by atoms with Crippen LogP contribution < -0.4 is 5.32 Å². The van der Waals surface area contributed by atoms with Crippen LogP contribution in [0.4, 0.5) is 0 Å². The second-order valence-corrected chi connectivity index (χ2v) is 6.01. The van der Waals surface area contributed by atoms with Crippen LogP contribution in [0.3, 0.4) is 0 Å². The van der Waals surface area contributed by atoms with E-state index in [2.05, 4.69) is 56.4 Å². The Hall–Kier alpha value is -1.19. The van der Waals surface area contributed by atoms with E-state index in [1.807, 2.05) is 11.3 Å². The lowest BCUT2D eigenvalue weighted by Gasteiger charge is -2.11. The average Bonchev–Trinajstić information content (AvgIpc) is 2.78. The molecule has 0 bridgehead atoms. The molecule has 1 heterocycles. The molecule has 2 rings (SSSR count). The Bertz CT molecular complexity index is 505. The Morgan fingerprint density at radius 2 is 2.00 bits per heavy atom. The fourth-order valence-corrected chi connectivity index (χ4v) is 3.30. The monoisotopic (exact) mass is 274 g/mol. The van der Waals surface area contributed by atoms with Crippen molar-refractivity contribution in [2.24, 2.45) is 0 Å². The lowest BCUT2D eigenvalue weighted by atomic mass is 10.2. The molecule has 0 saturated carbocycles. The van der Waals surface area contributed by atoms with Gasteiger partial charge in [0.05, 0.1) is 10.7 Å². The molecule has 102 valence electrons. The summed E-state index contributed by atoms with van der Waals surface area (Å²) >= 11 is 1.84. The molecule has 3 heteroatoms. The second-order valence-electron chi connectivity index (χ2n) is 4.90. The van der Waals surface area contributed by atoms with Crippen molar-refractivity contribution in [2.75, 3.05) is 6.54 Å². The highest BCUT2D eigenvalue weighted by molar-refractivity contribution is 7.11. The lowest BCUT2D eigenvalue weighted by molar-refractivity contribution is 0.575. The van der Waals surface area contributed by atoms with E-state index >= 15 is 0 Å². The normalized spacial score (nSPS) is 12.6. The molecule has 0 aliphatic carbocycles. The highest BCUT2D eigenvalue weighted by Crippen LogP contribution is 2.26. The van der Waals surface area contributed by atoms with Gasteiger partial charge in [0.25, 0.3) is 0 Å². The molecule has 0 saturated heterocycles. The molecule has 19 heavy (non-hydrogen) atoms. The van der Waals surface area contributed by atoms with Crippen molar-refractivity contribution >= 4 is 11.3 Å². The molecular weight excluding hydrogens is 252 g/mol. The van der Waals surface area contributed by atoms with Crippen LogP contribution in [0.25, 0.3) is 0 Å². The number of aryl methyl sites for hydroxylation is 1. The smallest absolute Gasteiger partial charge is 0.0975 e. The van der Waals surface area contributed by atoms with Crippen LogP contribution in [0.15, 0.2) is 30.3 Å². The van der Waals surface area contributed by atoms with E-state index < -0.39 is 0 Å². The predicted octanol–water partition coefficient (Wildman–Crippen LogP) is 4.10. The van der Waals surface area contributed by atoms with Gasteiger partial charge in [0, 0.05) is 17.3 Å². The molecule has 2 aromatic rings. The van der Waals surface area contributed by atoms with Crippen LogP contribution in [0.1, 0.15) is 47.5 Å². The molecule has 2 nitrogen and oxygen atoms in total. The maximum absolute atomic E-state index is 4.71. The van der Waals surface area contributed by atoms with E-state index in [4.69, 9.17) is 4.98 Å². The Morgan fingerprint density at radius 3 is 2.68 bits per heavy atom. The summed E-state index contributed by atoms with van der Waals surface area (Å²) < 4.78 is 0. The van der Waals surface area contributed by atoms with Crippen LogP contribution in [-0.2, 0) is 6.42 Å². The van der Waals surface area contributed by atoms with Gasteiger partial charge in [0.1, 0.15) is 0 Å². The standard InChI is InChI=1S/C16H22N2S/c1-4-10-17-12(2)16-13(3)18-15(19-16)11-14-8-6-5-7-9-14/h5-9,12,17H,4,10-11H2,1-3H3. The van der Waals surface area contributed by atoms with Crippen molar-refractivity contribution in [1.82, 2.24) is 10.3 Å². The highest BCUT2D eigenvalue weighted by atomic mass is 32.1. The Morgan fingerprint density at radius 1 is 1.26 bits per heavy atom. The molecule has 0 spiro atoms. The van der Waals surface area contributed by atoms with E-state index in [1.54, 1.807) is 0 Å². The first kappa shape index (κ1) is 14.2. The Balaban J connectivity index is 2.08. The first-order valence-corrected chi connectivity index (χ1v) is 7.76. The number of aromatic nitrogens is 1. The number of thiazole rings is 1. The SMILES string of the molecule is CCCNC(C)c1sc(Cc2ccccc2)nc1C. The van der Waals surface area contributed by atoms with Crippen molar-refractivity contribution in [1.29, 1.82) is 0 Å². The van der Waals surface area contributed by atoms with E-state index in [0.29, 0.717) is 6.04 Å². The van der Waals surface area contributed by atoms with Crippen LogP contribution >= 0.6 is 11.3 Å². The summed E-state index contributed by atoms with van der Waals surface area (Å²) in [5.74, 6) is 0. The number of hydrogen-bond donors (Lipinski definition) is 1. The van der Waals surface area contributed by atoms with Crippen LogP contribution in [0.2, 0.25) is 0 Å². The molecule has 0 fully saturated rings. The zero-order valence-electron chi connectivity index (χ0n) is 11.9. The molecular formula is C16H22N2S. The summed E-state index contributed by atoms with van der Waals surface area (Å²) in [5.41, 5.74) is 2.50. The maximum Gasteiger partial charge on any atom is 0.0975 e. The summed E-state index contributed by atoms with van der Waals surface area (Å²) in [6.45, 7) is 7.60. The number of benzene rings is 1. The molecule has 1 aromatic heterocycles. The van der Waals surface area contributed by atoms with Crippen molar-refractivity contribution in [3.63, 3.8) is 0 Å². The summed E-state index contributed by atoms with van der Waals surface area (Å²) in [6, 6.07) is 11.0. The number of nitrogens with zero attached hydrogens (tertiary/aromatic N) is 1. The van der Waals surface area contributed by atoms with Gasteiger partial charge in [-0.25, -0.2) is 4.98 Å². The third kappa shape index (κ3) is 3.88. The molecule has 1 aromatic carbocycles. The minimum absolute atomic E-state index is 0.405. The zero-order chi connectivity index (χ0) is 13.7. The third-order valence-corrected chi connectivity index (χ3v) is 4.51. The highest BCUT2D eigenvalue weighted by Gasteiger charge is 2.13. The predicted molar refractivity (Wildman–Crippen MR) is 82.8 cm³/mol. The zero-order valence-corrected chi connectivity index (χ0v) is 12.8. The summed E-state index contributed by atoms with van der Waals surface area (Å²) in [5, 5.41) is 4.75. The van der Waals surface area contributed by atoms with Gasteiger partial charge in [-0.3, -0.25) is 0 Å². The lowest BCUT2D eigenvalue weighted by Crippen LogP contribution is -2.18. The van der Waals surface area contributed by atoms with Gasteiger partial charge in [0.2, 0.25) is 0 Å². The van der Waals surface area contributed by atoms with E-state index in [0.717, 1.165) is 13.0 Å². The topological polar surface area (TPSA) is 24.9 Å². The fraction of sp³-hybridized carbons (Fsp3) is 0.438. The van der Waals surface area contributed by atoms with Gasteiger partial charge in [-0.2, -0.15) is 0 Å². The van der Waals surface area contributed by atoms with E-state index in [-0.39, 0.29) is 0 Å². The van der Waals surface area contributed by atoms with Gasteiger partial charge in [0.15, 0.2) is 0 Å². The maximum atomic E-state index is 4.71. The van der Waals surface area contributed by atoms with Crippen molar-refractivity contribution in [2.45, 2.75) is 39.7 Å². The molecule has 1 atom stereocenters. The van der Waals surface area contributed by atoms with Gasteiger partial charge < -0.3 is 5.32 Å². The van der Waals surface area contributed by atoms with Gasteiger partial charge in [-0.05, 0) is 32.4 Å². The van der Waals surface area contributed by atoms with Gasteiger partial charge >= 0.3 is 0 Å². The van der Waals surface area contributed by atoms with E-state index in [9.17, 15) is 0 Å². The van der Waals surface area contributed by atoms with E-state index in [1.165, 1.54) is 27.6 Å². The van der Waals surface area contributed by atoms with Crippen molar-refractivity contribution in [3.8, 4) is 0 Å². The van der Waals surface area contributed by atoms with Crippen LogP contribution in [-0.4, -0.2) is 11.5 Å². The first-order chi connectivity index (χ1) is 9.20. The molecule has 1 unspecified atom stereocenters. The van der Waals surface area contributed by atoms with Gasteiger partial charge in [-0.1, -0.05) is 37.3 Å². The largest absolute Gasteiger partial charge is 0.309 e. The minimum Gasteiger partial charge on any atom is -0.309 e. The van der Waals surface area contributed by atoms with Crippen molar-refractivity contribution < 1.29 is 0 Å². The summed E-state index contributed by atoms with van der Waals surface area (Å²) in [4.78, 5) is 6.09. The van der Waals surface area contributed by atoms with Crippen LogP contribution in [0.5, 0.6) is 0 Å². The molecule has 1 N–H and O–H groups in total. The third-order valence-electron chi connectivity index (χ3n) is 3.17.